The molecule has 1 saturated heterocycles. The Bertz CT molecular complexity index is 573. The van der Waals surface area contributed by atoms with Crippen molar-refractivity contribution in [3.63, 3.8) is 0 Å². The molecule has 2 rings (SSSR count). The highest BCUT2D eigenvalue weighted by Crippen LogP contribution is 2.14. The van der Waals surface area contributed by atoms with Gasteiger partial charge in [-0.1, -0.05) is 12.1 Å². The highest BCUT2D eigenvalue weighted by Gasteiger charge is 2.19. The lowest BCUT2D eigenvalue weighted by atomic mass is 10.1. The van der Waals surface area contributed by atoms with Gasteiger partial charge in [-0.3, -0.25) is 9.69 Å². The van der Waals surface area contributed by atoms with E-state index in [-0.39, 0.29) is 5.91 Å². The molecule has 23 heavy (non-hydrogen) atoms. The molecule has 124 valence electrons. The van der Waals surface area contributed by atoms with Crippen molar-refractivity contribution in [2.45, 2.75) is 6.54 Å². The van der Waals surface area contributed by atoms with Crippen LogP contribution < -0.4 is 4.90 Å². The number of nitrogens with zero attached hydrogens (tertiary/aromatic N) is 3. The molecule has 0 bridgehead atoms. The molecule has 1 fully saturated rings. The molecule has 6 heteroatoms. The molecule has 6 nitrogen and oxygen atoms in total. The van der Waals surface area contributed by atoms with Crippen LogP contribution in [0.4, 0.5) is 5.69 Å². The van der Waals surface area contributed by atoms with Crippen LogP contribution >= 0.6 is 0 Å². The number of amides is 1. The molecule has 1 heterocycles. The fourth-order valence-corrected chi connectivity index (χ4v) is 2.53. The molecule has 1 amide bonds. The van der Waals surface area contributed by atoms with Crippen LogP contribution in [0.3, 0.4) is 0 Å². The first kappa shape index (κ1) is 17.0. The van der Waals surface area contributed by atoms with Crippen LogP contribution in [0.25, 0.3) is 0 Å². The number of carboxylic acids is 1. The van der Waals surface area contributed by atoms with Gasteiger partial charge in [-0.15, -0.1) is 0 Å². The Morgan fingerprint density at radius 1 is 1.09 bits per heavy atom. The molecular weight excluding hydrogens is 294 g/mol. The Kier molecular flexibility index (Phi) is 5.76. The molecule has 0 aromatic heterocycles. The number of benzene rings is 1. The molecular formula is C17H23N3O3. The Morgan fingerprint density at radius 2 is 1.70 bits per heavy atom. The summed E-state index contributed by atoms with van der Waals surface area (Å²) in [6.45, 7) is 3.70. The van der Waals surface area contributed by atoms with Crippen molar-refractivity contribution in [1.82, 2.24) is 9.80 Å². The van der Waals surface area contributed by atoms with E-state index < -0.39 is 5.97 Å². The second kappa shape index (κ2) is 7.78. The molecule has 1 aromatic rings. The third-order valence-corrected chi connectivity index (χ3v) is 3.91. The number of hydrogen-bond donors (Lipinski definition) is 1. The first-order valence-electron chi connectivity index (χ1n) is 7.64. The maximum absolute atomic E-state index is 11.8. The van der Waals surface area contributed by atoms with E-state index in [0.29, 0.717) is 13.1 Å². The summed E-state index contributed by atoms with van der Waals surface area (Å²) in [5.41, 5.74) is 2.43. The van der Waals surface area contributed by atoms with Crippen LogP contribution in [0.2, 0.25) is 0 Å². The number of aliphatic carboxylic acids is 1. The number of anilines is 1. The van der Waals surface area contributed by atoms with Crippen molar-refractivity contribution in [2.75, 3.05) is 45.2 Å². The molecule has 0 unspecified atom stereocenters. The molecule has 0 saturated carbocycles. The average Bonchev–Trinajstić information content (AvgIpc) is 2.54. The Balaban J connectivity index is 1.82. The van der Waals surface area contributed by atoms with E-state index >= 15 is 0 Å². The van der Waals surface area contributed by atoms with E-state index in [0.717, 1.165) is 31.8 Å². The lowest BCUT2D eigenvalue weighted by Crippen LogP contribution is -2.47. The van der Waals surface area contributed by atoms with Gasteiger partial charge in [-0.05, 0) is 17.7 Å². The quantitative estimate of drug-likeness (QED) is 0.822. The summed E-state index contributed by atoms with van der Waals surface area (Å²) < 4.78 is 0. The molecule has 1 aromatic carbocycles. The van der Waals surface area contributed by atoms with Gasteiger partial charge in [-0.2, -0.15) is 0 Å². The molecule has 0 radical (unpaired) electrons. The topological polar surface area (TPSA) is 64.1 Å². The third kappa shape index (κ3) is 5.10. The van der Waals surface area contributed by atoms with Crippen LogP contribution in [-0.2, 0) is 16.1 Å². The van der Waals surface area contributed by atoms with Gasteiger partial charge in [0.25, 0.3) is 0 Å². The predicted octanol–water partition coefficient (Wildman–Crippen LogP) is 1.04. The van der Waals surface area contributed by atoms with E-state index in [1.807, 2.05) is 14.1 Å². The van der Waals surface area contributed by atoms with Crippen LogP contribution in [-0.4, -0.2) is 67.1 Å². The number of rotatable bonds is 5. The zero-order chi connectivity index (χ0) is 16.8. The lowest BCUT2D eigenvalue weighted by molar-refractivity contribution is -0.132. The minimum atomic E-state index is -1.10. The van der Waals surface area contributed by atoms with Crippen LogP contribution in [0.5, 0.6) is 0 Å². The molecule has 1 aliphatic heterocycles. The van der Waals surface area contributed by atoms with Crippen LogP contribution in [0, 0.1) is 0 Å². The third-order valence-electron chi connectivity index (χ3n) is 3.91. The minimum Gasteiger partial charge on any atom is -0.478 e. The number of carbonyl (C=O) groups is 2. The normalized spacial score (nSPS) is 15.8. The largest absolute Gasteiger partial charge is 0.478 e. The van der Waals surface area contributed by atoms with Crippen molar-refractivity contribution >= 4 is 17.6 Å². The summed E-state index contributed by atoms with van der Waals surface area (Å²) in [7, 11) is 4.04. The van der Waals surface area contributed by atoms with E-state index in [1.165, 1.54) is 11.3 Å². The van der Waals surface area contributed by atoms with E-state index in [1.54, 1.807) is 4.90 Å². The fourth-order valence-electron chi connectivity index (χ4n) is 2.53. The smallest absolute Gasteiger partial charge is 0.328 e. The molecule has 0 spiro atoms. The number of hydrogen-bond acceptors (Lipinski definition) is 4. The van der Waals surface area contributed by atoms with Crippen LogP contribution in [0.1, 0.15) is 5.56 Å². The molecule has 0 atom stereocenters. The maximum Gasteiger partial charge on any atom is 0.328 e. The summed E-state index contributed by atoms with van der Waals surface area (Å²) in [6, 6.07) is 8.46. The Hall–Kier alpha value is -2.34. The van der Waals surface area contributed by atoms with Gasteiger partial charge in [-0.25, -0.2) is 4.79 Å². The number of carboxylic acid groups (broad SMARTS) is 1. The van der Waals surface area contributed by atoms with Gasteiger partial charge in [0.1, 0.15) is 0 Å². The monoisotopic (exact) mass is 317 g/mol. The standard InChI is InChI=1S/C17H23N3O3/c1-18(2)15-5-3-14(4-6-15)13-19-9-11-20(12-10-19)16(21)7-8-17(22)23/h3-8H,9-13H2,1-2H3,(H,22,23)/b8-7+. The highest BCUT2D eigenvalue weighted by atomic mass is 16.4. The highest BCUT2D eigenvalue weighted by molar-refractivity contribution is 5.93. The van der Waals surface area contributed by atoms with Crippen molar-refractivity contribution < 1.29 is 14.7 Å². The average molecular weight is 317 g/mol. The van der Waals surface area contributed by atoms with Crippen LogP contribution in [0.15, 0.2) is 36.4 Å². The van der Waals surface area contributed by atoms with Gasteiger partial charge >= 0.3 is 5.97 Å². The zero-order valence-electron chi connectivity index (χ0n) is 13.6. The Labute approximate surface area is 136 Å². The Morgan fingerprint density at radius 3 is 2.22 bits per heavy atom. The summed E-state index contributed by atoms with van der Waals surface area (Å²) in [4.78, 5) is 28.3. The summed E-state index contributed by atoms with van der Waals surface area (Å²) in [6.07, 6.45) is 2.01. The predicted molar refractivity (Wildman–Crippen MR) is 89.4 cm³/mol. The summed E-state index contributed by atoms with van der Waals surface area (Å²) in [5, 5.41) is 8.55. The number of piperazine rings is 1. The van der Waals surface area contributed by atoms with E-state index in [2.05, 4.69) is 34.1 Å². The fraction of sp³-hybridized carbons (Fsp3) is 0.412. The van der Waals surface area contributed by atoms with E-state index in [9.17, 15) is 9.59 Å². The molecule has 1 aliphatic rings. The van der Waals surface area contributed by atoms with Crippen molar-refractivity contribution in [2.24, 2.45) is 0 Å². The van der Waals surface area contributed by atoms with Gasteiger partial charge in [0.15, 0.2) is 0 Å². The van der Waals surface area contributed by atoms with Gasteiger partial charge in [0.05, 0.1) is 0 Å². The van der Waals surface area contributed by atoms with Gasteiger partial charge in [0.2, 0.25) is 5.91 Å². The van der Waals surface area contributed by atoms with Gasteiger partial charge in [0, 0.05) is 64.7 Å². The molecule has 0 aliphatic carbocycles. The second-order valence-corrected chi connectivity index (χ2v) is 5.83. The van der Waals surface area contributed by atoms with Gasteiger partial charge < -0.3 is 14.9 Å². The SMILES string of the molecule is CN(C)c1ccc(CN2CCN(C(=O)/C=C/C(=O)O)CC2)cc1. The van der Waals surface area contributed by atoms with E-state index in [4.69, 9.17) is 5.11 Å². The number of carbonyl (C=O) groups excluding carboxylic acids is 1. The zero-order valence-corrected chi connectivity index (χ0v) is 13.6. The van der Waals surface area contributed by atoms with Crippen molar-refractivity contribution in [3.05, 3.63) is 42.0 Å². The minimum absolute atomic E-state index is 0.234. The summed E-state index contributed by atoms with van der Waals surface area (Å²) in [5.74, 6) is -1.33. The lowest BCUT2D eigenvalue weighted by Gasteiger charge is -2.34. The maximum atomic E-state index is 11.8. The molecule has 1 N–H and O–H groups in total. The first-order chi connectivity index (χ1) is 11.0. The second-order valence-electron chi connectivity index (χ2n) is 5.83. The summed E-state index contributed by atoms with van der Waals surface area (Å²) >= 11 is 0. The van der Waals surface area contributed by atoms with Crippen molar-refractivity contribution in [1.29, 1.82) is 0 Å². The van der Waals surface area contributed by atoms with Crippen molar-refractivity contribution in [3.8, 4) is 0 Å². The first-order valence-corrected chi connectivity index (χ1v) is 7.64.